The summed E-state index contributed by atoms with van der Waals surface area (Å²) >= 11 is 0. The molecule has 0 saturated heterocycles. The molecule has 5 heteroatoms. The van der Waals surface area contributed by atoms with Crippen molar-refractivity contribution in [3.8, 4) is 12.3 Å². The van der Waals surface area contributed by atoms with Crippen LogP contribution in [0, 0.1) is 58.7 Å². The maximum atomic E-state index is 13.6. The van der Waals surface area contributed by atoms with Crippen molar-refractivity contribution in [3.63, 3.8) is 0 Å². The SMILES string of the molecule is C#Cc1ccc(N=NN(CC)CC)c(C(=O)O[C@H]2CC[C@@]3(C)C(=CC[C@H]4[C@@H]5CC[C@H]([C@H](C)CCCC(C)C)[C@@]5(C)CC[C@@H]43)C2)c1. The Bertz CT molecular complexity index is 1300. The van der Waals surface area contributed by atoms with Crippen LogP contribution in [-0.2, 0) is 4.74 Å². The van der Waals surface area contributed by atoms with Gasteiger partial charge >= 0.3 is 5.97 Å². The van der Waals surface area contributed by atoms with Crippen LogP contribution in [0.4, 0.5) is 5.69 Å². The van der Waals surface area contributed by atoms with Crippen molar-refractivity contribution in [1.82, 2.24) is 5.01 Å². The molecule has 0 bridgehead atoms. The maximum absolute atomic E-state index is 13.6. The first-order chi connectivity index (χ1) is 21.5. The number of carbonyl (C=O) groups is 1. The van der Waals surface area contributed by atoms with Gasteiger partial charge in [-0.05, 0) is 123 Å². The molecule has 0 N–H and O–H groups in total. The second-order valence-electron chi connectivity index (χ2n) is 15.8. The lowest BCUT2D eigenvalue weighted by Gasteiger charge is -2.58. The number of fused-ring (bicyclic) bond motifs is 5. The number of allylic oxidation sites excluding steroid dienone is 1. The van der Waals surface area contributed by atoms with E-state index in [0.717, 1.165) is 67.9 Å². The summed E-state index contributed by atoms with van der Waals surface area (Å²) < 4.78 is 6.22. The molecule has 0 aliphatic heterocycles. The van der Waals surface area contributed by atoms with Crippen molar-refractivity contribution < 1.29 is 9.53 Å². The second kappa shape index (κ2) is 14.0. The first-order valence-corrected chi connectivity index (χ1v) is 18.2. The van der Waals surface area contributed by atoms with Crippen LogP contribution in [0.5, 0.6) is 0 Å². The lowest BCUT2D eigenvalue weighted by Crippen LogP contribution is -2.51. The van der Waals surface area contributed by atoms with Crippen LogP contribution in [0.3, 0.4) is 0 Å². The van der Waals surface area contributed by atoms with E-state index in [1.807, 2.05) is 18.9 Å². The summed E-state index contributed by atoms with van der Waals surface area (Å²) in [7, 11) is 0. The van der Waals surface area contributed by atoms with Crippen molar-refractivity contribution in [2.75, 3.05) is 13.1 Å². The van der Waals surface area contributed by atoms with Crippen LogP contribution in [0.2, 0.25) is 0 Å². The summed E-state index contributed by atoms with van der Waals surface area (Å²) in [5.41, 5.74) is 3.80. The zero-order valence-corrected chi connectivity index (χ0v) is 29.3. The predicted octanol–water partition coefficient (Wildman–Crippen LogP) is 10.6. The van der Waals surface area contributed by atoms with E-state index in [1.165, 1.54) is 56.9 Å². The summed E-state index contributed by atoms with van der Waals surface area (Å²) in [6.45, 7) is 18.1. The minimum absolute atomic E-state index is 0.119. The zero-order chi connectivity index (χ0) is 32.4. The lowest BCUT2D eigenvalue weighted by atomic mass is 9.47. The van der Waals surface area contributed by atoms with Gasteiger partial charge in [0.2, 0.25) is 0 Å². The van der Waals surface area contributed by atoms with Gasteiger partial charge in [0.15, 0.2) is 0 Å². The van der Waals surface area contributed by atoms with Gasteiger partial charge in [0.1, 0.15) is 11.8 Å². The number of carbonyl (C=O) groups excluding carboxylic acids is 1. The monoisotopic (exact) mass is 613 g/mol. The number of nitrogens with zero attached hydrogens (tertiary/aromatic N) is 3. The molecule has 4 aliphatic rings. The molecule has 5 nitrogen and oxygen atoms in total. The number of hydrogen-bond donors (Lipinski definition) is 0. The second-order valence-corrected chi connectivity index (χ2v) is 15.8. The standard InChI is InChI=1S/C40H59N3O2/c1-9-29-15-20-37(41-42-43(10-2)11-3)33(25-29)38(44)45-31-21-23-39(7)30(26-31)16-17-32-35-19-18-34(28(6)14-12-13-27(4)5)40(35,8)24-22-36(32)39/h1,15-16,20,25,27-28,31-32,34-36H,10-14,17-19,21-24,26H2,2-8H3/t28-,31+,32+,34-,35+,36+,39+,40-/m1/s1. The van der Waals surface area contributed by atoms with Gasteiger partial charge in [-0.3, -0.25) is 5.01 Å². The normalized spacial score (nSPS) is 33.1. The molecule has 8 atom stereocenters. The zero-order valence-electron chi connectivity index (χ0n) is 29.3. The Hall–Kier alpha value is -2.61. The highest BCUT2D eigenvalue weighted by atomic mass is 16.5. The van der Waals surface area contributed by atoms with Gasteiger partial charge in [0, 0.05) is 25.1 Å². The van der Waals surface area contributed by atoms with Crippen LogP contribution < -0.4 is 0 Å². The Morgan fingerprint density at radius 3 is 2.56 bits per heavy atom. The van der Waals surface area contributed by atoms with Gasteiger partial charge < -0.3 is 4.74 Å². The highest BCUT2D eigenvalue weighted by Crippen LogP contribution is 2.67. The lowest BCUT2D eigenvalue weighted by molar-refractivity contribution is -0.0594. The molecule has 0 heterocycles. The molecular formula is C40H59N3O2. The fraction of sp³-hybridized carbons (Fsp3) is 0.725. The molecule has 3 fully saturated rings. The summed E-state index contributed by atoms with van der Waals surface area (Å²) in [6, 6.07) is 5.30. The van der Waals surface area contributed by atoms with Gasteiger partial charge in [-0.15, -0.1) is 11.5 Å². The molecule has 45 heavy (non-hydrogen) atoms. The Morgan fingerprint density at radius 2 is 1.84 bits per heavy atom. The molecule has 5 rings (SSSR count). The van der Waals surface area contributed by atoms with Crippen LogP contribution in [0.15, 0.2) is 40.2 Å². The highest BCUT2D eigenvalue weighted by molar-refractivity contribution is 5.95. The Labute approximate surface area is 274 Å². The van der Waals surface area contributed by atoms with E-state index in [9.17, 15) is 4.79 Å². The third kappa shape index (κ3) is 6.77. The number of ether oxygens (including phenoxy) is 1. The fourth-order valence-corrected chi connectivity index (χ4v) is 10.3. The molecule has 1 aromatic carbocycles. The molecule has 1 aromatic rings. The molecule has 0 amide bonds. The Balaban J connectivity index is 1.27. The number of benzene rings is 1. The van der Waals surface area contributed by atoms with Crippen molar-refractivity contribution >= 4 is 11.7 Å². The number of terminal acetylenes is 1. The molecule has 246 valence electrons. The van der Waals surface area contributed by atoms with Gasteiger partial charge in [0.25, 0.3) is 0 Å². The largest absolute Gasteiger partial charge is 0.458 e. The van der Waals surface area contributed by atoms with Crippen molar-refractivity contribution in [3.05, 3.63) is 41.0 Å². The third-order valence-electron chi connectivity index (χ3n) is 12.9. The maximum Gasteiger partial charge on any atom is 0.340 e. The highest BCUT2D eigenvalue weighted by Gasteiger charge is 2.59. The van der Waals surface area contributed by atoms with E-state index in [4.69, 9.17) is 11.2 Å². The predicted molar refractivity (Wildman–Crippen MR) is 184 cm³/mol. The average Bonchev–Trinajstić information content (AvgIpc) is 3.38. The Morgan fingerprint density at radius 1 is 1.07 bits per heavy atom. The smallest absolute Gasteiger partial charge is 0.340 e. The summed E-state index contributed by atoms with van der Waals surface area (Å²) in [4.78, 5) is 13.6. The fourth-order valence-electron chi connectivity index (χ4n) is 10.3. The minimum atomic E-state index is -0.351. The van der Waals surface area contributed by atoms with Gasteiger partial charge in [0.05, 0.1) is 5.56 Å². The van der Waals surface area contributed by atoms with Crippen LogP contribution in [0.1, 0.15) is 135 Å². The van der Waals surface area contributed by atoms with Crippen LogP contribution >= 0.6 is 0 Å². The van der Waals surface area contributed by atoms with Gasteiger partial charge in [-0.25, -0.2) is 4.79 Å². The summed E-state index contributed by atoms with van der Waals surface area (Å²) in [5, 5.41) is 10.6. The van der Waals surface area contributed by atoms with E-state index in [0.29, 0.717) is 22.2 Å². The van der Waals surface area contributed by atoms with Crippen LogP contribution in [0.25, 0.3) is 0 Å². The molecule has 3 saturated carbocycles. The van der Waals surface area contributed by atoms with E-state index in [2.05, 4.69) is 57.0 Å². The molecule has 4 aliphatic carbocycles. The van der Waals surface area contributed by atoms with E-state index >= 15 is 0 Å². The van der Waals surface area contributed by atoms with Gasteiger partial charge in [-0.2, -0.15) is 0 Å². The van der Waals surface area contributed by atoms with E-state index < -0.39 is 0 Å². The minimum Gasteiger partial charge on any atom is -0.458 e. The molecule has 0 unspecified atom stereocenters. The van der Waals surface area contributed by atoms with E-state index in [1.54, 1.807) is 18.2 Å². The number of rotatable bonds is 11. The van der Waals surface area contributed by atoms with Gasteiger partial charge in [-0.1, -0.05) is 76.7 Å². The topological polar surface area (TPSA) is 54.3 Å². The first kappa shape index (κ1) is 33.7. The first-order valence-electron chi connectivity index (χ1n) is 18.2. The number of hydrogen-bond acceptors (Lipinski definition) is 4. The summed E-state index contributed by atoms with van der Waals surface area (Å²) in [6.07, 6.45) is 21.9. The van der Waals surface area contributed by atoms with Crippen molar-refractivity contribution in [2.45, 2.75) is 125 Å². The van der Waals surface area contributed by atoms with Crippen molar-refractivity contribution in [1.29, 1.82) is 0 Å². The van der Waals surface area contributed by atoms with Crippen molar-refractivity contribution in [2.24, 2.45) is 56.7 Å². The quantitative estimate of drug-likeness (QED) is 0.0820. The van der Waals surface area contributed by atoms with Crippen LogP contribution in [-0.4, -0.2) is 30.2 Å². The molecule has 0 aromatic heterocycles. The number of esters is 1. The summed E-state index contributed by atoms with van der Waals surface area (Å²) in [5.74, 6) is 7.24. The molecule has 0 spiro atoms. The molecule has 0 radical (unpaired) electrons. The third-order valence-corrected chi connectivity index (χ3v) is 12.9. The Kier molecular flexibility index (Phi) is 10.5. The van der Waals surface area contributed by atoms with E-state index in [-0.39, 0.29) is 17.5 Å². The average molecular weight is 614 g/mol. The molecular weight excluding hydrogens is 554 g/mol.